The largest absolute Gasteiger partial charge is 0.365 e. The van der Waals surface area contributed by atoms with E-state index >= 15 is 0 Å². The minimum absolute atomic E-state index is 0.110. The Bertz CT molecular complexity index is 858. The van der Waals surface area contributed by atoms with Crippen LogP contribution >= 0.6 is 0 Å². The maximum Gasteiger partial charge on any atom is 0.333 e. The smallest absolute Gasteiger partial charge is 0.333 e. The van der Waals surface area contributed by atoms with Crippen molar-refractivity contribution in [2.75, 3.05) is 11.9 Å². The van der Waals surface area contributed by atoms with Crippen molar-refractivity contribution in [1.29, 1.82) is 0 Å². The average molecular weight is 368 g/mol. The maximum absolute atomic E-state index is 10.9. The first kappa shape index (κ1) is 18.0. The summed E-state index contributed by atoms with van der Waals surface area (Å²) in [4.78, 5) is 16.4. The van der Waals surface area contributed by atoms with Gasteiger partial charge in [0.1, 0.15) is 17.7 Å². The van der Waals surface area contributed by atoms with E-state index in [-0.39, 0.29) is 24.0 Å². The fourth-order valence-electron chi connectivity index (χ4n) is 3.03. The molecule has 2 atom stereocenters. The number of aromatic nitrogens is 4. The van der Waals surface area contributed by atoms with Crippen molar-refractivity contribution in [3.8, 4) is 0 Å². The van der Waals surface area contributed by atoms with Gasteiger partial charge in [0.05, 0.1) is 6.61 Å². The molecule has 2 aromatic rings. The number of nitrogens with zero attached hydrogens (tertiary/aromatic N) is 3. The molecule has 0 aromatic carbocycles. The van der Waals surface area contributed by atoms with Crippen LogP contribution in [-0.4, -0.2) is 41.0 Å². The van der Waals surface area contributed by atoms with Crippen molar-refractivity contribution in [3.05, 3.63) is 12.2 Å². The van der Waals surface area contributed by atoms with Crippen LogP contribution in [0.5, 0.6) is 0 Å². The monoisotopic (exact) mass is 368 g/mol. The average Bonchev–Trinajstić information content (AvgIpc) is 3.11. The van der Waals surface area contributed by atoms with Gasteiger partial charge in [0.25, 0.3) is 0 Å². The number of fused-ring (bicyclic) bond motifs is 1. The summed E-state index contributed by atoms with van der Waals surface area (Å²) >= 11 is 0. The quantitative estimate of drug-likeness (QED) is 0.726. The van der Waals surface area contributed by atoms with Crippen molar-refractivity contribution < 1.29 is 12.6 Å². The zero-order chi connectivity index (χ0) is 18.2. The van der Waals surface area contributed by atoms with Crippen LogP contribution in [0.3, 0.4) is 0 Å². The van der Waals surface area contributed by atoms with Crippen LogP contribution in [0.15, 0.2) is 6.33 Å². The fourth-order valence-corrected chi connectivity index (χ4v) is 3.42. The van der Waals surface area contributed by atoms with Gasteiger partial charge in [0, 0.05) is 11.5 Å². The molecule has 0 spiro atoms. The van der Waals surface area contributed by atoms with Gasteiger partial charge in [0.15, 0.2) is 11.5 Å². The van der Waals surface area contributed by atoms with Crippen LogP contribution in [0.2, 0.25) is 0 Å². The summed E-state index contributed by atoms with van der Waals surface area (Å²) in [5.74, 6) is 1.72. The zero-order valence-corrected chi connectivity index (χ0v) is 15.4. The number of rotatable bonds is 5. The van der Waals surface area contributed by atoms with E-state index in [1.165, 1.54) is 6.33 Å². The Morgan fingerprint density at radius 1 is 1.36 bits per heavy atom. The van der Waals surface area contributed by atoms with E-state index in [0.717, 1.165) is 30.6 Å². The third-order valence-electron chi connectivity index (χ3n) is 4.35. The Labute approximate surface area is 147 Å². The molecular formula is C15H24N6O3S. The van der Waals surface area contributed by atoms with Crippen LogP contribution in [-0.2, 0) is 19.9 Å². The lowest BCUT2D eigenvalue weighted by Crippen LogP contribution is -2.21. The molecule has 0 saturated heterocycles. The van der Waals surface area contributed by atoms with Crippen molar-refractivity contribution in [1.82, 2.24) is 19.9 Å². The summed E-state index contributed by atoms with van der Waals surface area (Å²) in [5.41, 5.74) is 1.31. The van der Waals surface area contributed by atoms with Gasteiger partial charge in [0.2, 0.25) is 0 Å². The predicted octanol–water partition coefficient (Wildman–Crippen LogP) is 1.45. The summed E-state index contributed by atoms with van der Waals surface area (Å²) in [5, 5.41) is 8.29. The van der Waals surface area contributed by atoms with E-state index in [1.54, 1.807) is 0 Å². The lowest BCUT2D eigenvalue weighted by atomic mass is 9.96. The normalized spacial score (nSPS) is 21.8. The first-order chi connectivity index (χ1) is 11.6. The molecule has 1 aliphatic rings. The SMILES string of the molecule is CC(C)(C)c1nc2ncnc(N[C@H]3CC[C@H](COS(N)(=O)=O)C3)c2[nH]1. The lowest BCUT2D eigenvalue weighted by Gasteiger charge is -2.15. The molecule has 2 aromatic heterocycles. The third kappa shape index (κ3) is 4.44. The minimum Gasteiger partial charge on any atom is -0.365 e. The first-order valence-corrected chi connectivity index (χ1v) is 9.74. The second-order valence-corrected chi connectivity index (χ2v) is 8.78. The summed E-state index contributed by atoms with van der Waals surface area (Å²) in [6.45, 7) is 6.36. The minimum atomic E-state index is -3.88. The molecule has 0 bridgehead atoms. The molecule has 2 heterocycles. The van der Waals surface area contributed by atoms with E-state index < -0.39 is 10.3 Å². The van der Waals surface area contributed by atoms with Crippen molar-refractivity contribution >= 4 is 27.3 Å². The summed E-state index contributed by atoms with van der Waals surface area (Å²) in [6.07, 6.45) is 4.07. The Hall–Kier alpha value is -1.78. The van der Waals surface area contributed by atoms with Crippen LogP contribution in [0, 0.1) is 5.92 Å². The number of hydrogen-bond acceptors (Lipinski definition) is 7. The molecule has 0 unspecified atom stereocenters. The topological polar surface area (TPSA) is 136 Å². The third-order valence-corrected chi connectivity index (χ3v) is 4.81. The van der Waals surface area contributed by atoms with E-state index in [9.17, 15) is 8.42 Å². The number of aromatic amines is 1. The molecule has 0 aliphatic heterocycles. The lowest BCUT2D eigenvalue weighted by molar-refractivity contribution is 0.256. The number of nitrogens with one attached hydrogen (secondary N) is 2. The van der Waals surface area contributed by atoms with Crippen LogP contribution in [0.4, 0.5) is 5.82 Å². The molecule has 1 aliphatic carbocycles. The van der Waals surface area contributed by atoms with Gasteiger partial charge in [-0.3, -0.25) is 4.18 Å². The molecule has 1 saturated carbocycles. The van der Waals surface area contributed by atoms with Crippen LogP contribution in [0.25, 0.3) is 11.2 Å². The highest BCUT2D eigenvalue weighted by atomic mass is 32.2. The molecular weight excluding hydrogens is 344 g/mol. The molecule has 25 heavy (non-hydrogen) atoms. The molecule has 4 N–H and O–H groups in total. The Kier molecular flexibility index (Phi) is 4.69. The van der Waals surface area contributed by atoms with Gasteiger partial charge >= 0.3 is 10.3 Å². The highest BCUT2D eigenvalue weighted by Gasteiger charge is 2.27. The second kappa shape index (κ2) is 6.50. The van der Waals surface area contributed by atoms with Crippen molar-refractivity contribution in [3.63, 3.8) is 0 Å². The molecule has 9 nitrogen and oxygen atoms in total. The van der Waals surface area contributed by atoms with Gasteiger partial charge in [-0.25, -0.2) is 20.1 Å². The van der Waals surface area contributed by atoms with Gasteiger partial charge in [-0.05, 0) is 25.2 Å². The van der Waals surface area contributed by atoms with Crippen LogP contribution < -0.4 is 10.5 Å². The van der Waals surface area contributed by atoms with E-state index in [1.807, 2.05) is 0 Å². The molecule has 3 rings (SSSR count). The van der Waals surface area contributed by atoms with Gasteiger partial charge in [-0.15, -0.1) is 0 Å². The standard InChI is InChI=1S/C15H24N6O3S/c1-15(2,3)14-20-11-12(17-8-18-13(11)21-14)19-10-5-4-9(6-10)7-24-25(16,22)23/h8-10H,4-7H2,1-3H3,(H2,16,22,23)(H2,17,18,19,20,21)/t9-,10-/m0/s1. The number of H-pyrrole nitrogens is 1. The highest BCUT2D eigenvalue weighted by molar-refractivity contribution is 7.84. The molecule has 138 valence electrons. The maximum atomic E-state index is 10.9. The molecule has 0 amide bonds. The van der Waals surface area contributed by atoms with Crippen LogP contribution in [0.1, 0.15) is 45.9 Å². The van der Waals surface area contributed by atoms with Crippen molar-refractivity contribution in [2.24, 2.45) is 11.1 Å². The first-order valence-electron chi connectivity index (χ1n) is 8.27. The van der Waals surface area contributed by atoms with Gasteiger partial charge in [-0.1, -0.05) is 20.8 Å². The van der Waals surface area contributed by atoms with Crippen molar-refractivity contribution in [2.45, 2.75) is 51.5 Å². The summed E-state index contributed by atoms with van der Waals surface area (Å²) in [6, 6.07) is 0.188. The number of anilines is 1. The van der Waals surface area contributed by atoms with Gasteiger partial charge < -0.3 is 10.3 Å². The Balaban J connectivity index is 1.70. The Morgan fingerprint density at radius 3 is 2.80 bits per heavy atom. The molecule has 1 fully saturated rings. The highest BCUT2D eigenvalue weighted by Crippen LogP contribution is 2.30. The van der Waals surface area contributed by atoms with E-state index in [0.29, 0.717) is 11.5 Å². The molecule has 10 heteroatoms. The summed E-state index contributed by atoms with van der Waals surface area (Å²) in [7, 11) is -3.88. The fraction of sp³-hybridized carbons (Fsp3) is 0.667. The number of nitrogens with two attached hydrogens (primary N) is 1. The molecule has 0 radical (unpaired) electrons. The van der Waals surface area contributed by atoms with E-state index in [2.05, 4.69) is 46.0 Å². The van der Waals surface area contributed by atoms with E-state index in [4.69, 9.17) is 9.32 Å². The summed E-state index contributed by atoms with van der Waals surface area (Å²) < 4.78 is 26.5. The zero-order valence-electron chi connectivity index (χ0n) is 14.6. The number of hydrogen-bond donors (Lipinski definition) is 3. The number of imidazole rings is 1. The second-order valence-electron chi connectivity index (χ2n) is 7.55. The Morgan fingerprint density at radius 2 is 2.12 bits per heavy atom. The van der Waals surface area contributed by atoms with Gasteiger partial charge in [-0.2, -0.15) is 8.42 Å². The predicted molar refractivity (Wildman–Crippen MR) is 94.2 cm³/mol.